The third kappa shape index (κ3) is 5.27. The van der Waals surface area contributed by atoms with Crippen LogP contribution in [-0.2, 0) is 16.1 Å². The SMILES string of the molecule is COc1ccc(CNC(=O)CNC(=O)C(C)(C)N)cc1. The van der Waals surface area contributed by atoms with Gasteiger partial charge in [0.2, 0.25) is 11.8 Å². The largest absolute Gasteiger partial charge is 0.497 e. The van der Waals surface area contributed by atoms with Gasteiger partial charge in [-0.1, -0.05) is 12.1 Å². The maximum Gasteiger partial charge on any atom is 0.239 e. The van der Waals surface area contributed by atoms with Gasteiger partial charge in [0, 0.05) is 6.54 Å². The number of ether oxygens (including phenoxy) is 1. The van der Waals surface area contributed by atoms with E-state index in [1.54, 1.807) is 21.0 Å². The van der Waals surface area contributed by atoms with Crippen molar-refractivity contribution in [2.75, 3.05) is 13.7 Å². The predicted molar refractivity (Wildman–Crippen MR) is 76.1 cm³/mol. The minimum Gasteiger partial charge on any atom is -0.497 e. The molecule has 1 aromatic carbocycles. The van der Waals surface area contributed by atoms with Crippen LogP contribution >= 0.6 is 0 Å². The lowest BCUT2D eigenvalue weighted by Crippen LogP contribution is -2.51. The van der Waals surface area contributed by atoms with E-state index >= 15 is 0 Å². The molecule has 0 fully saturated rings. The highest BCUT2D eigenvalue weighted by atomic mass is 16.5. The van der Waals surface area contributed by atoms with Crippen LogP contribution < -0.4 is 21.1 Å². The summed E-state index contributed by atoms with van der Waals surface area (Å²) in [4.78, 5) is 23.1. The molecule has 2 amide bonds. The van der Waals surface area contributed by atoms with Gasteiger partial charge in [0.1, 0.15) is 5.75 Å². The Balaban J connectivity index is 2.34. The Kier molecular flexibility index (Phi) is 5.52. The lowest BCUT2D eigenvalue weighted by Gasteiger charge is -2.17. The summed E-state index contributed by atoms with van der Waals surface area (Å²) in [5, 5.41) is 5.19. The highest BCUT2D eigenvalue weighted by molar-refractivity contribution is 5.89. The molecule has 0 aliphatic carbocycles. The fourth-order valence-electron chi connectivity index (χ4n) is 1.39. The van der Waals surface area contributed by atoms with E-state index in [9.17, 15) is 9.59 Å². The second kappa shape index (κ2) is 6.91. The molecule has 0 bridgehead atoms. The van der Waals surface area contributed by atoms with Gasteiger partial charge in [0.05, 0.1) is 19.2 Å². The number of methoxy groups -OCH3 is 1. The summed E-state index contributed by atoms with van der Waals surface area (Å²) >= 11 is 0. The summed E-state index contributed by atoms with van der Waals surface area (Å²) in [6.07, 6.45) is 0. The Morgan fingerprint density at radius 2 is 1.80 bits per heavy atom. The molecule has 0 saturated heterocycles. The standard InChI is InChI=1S/C14H21N3O3/c1-14(2,15)13(19)17-9-12(18)16-8-10-4-6-11(20-3)7-5-10/h4-7H,8-9,15H2,1-3H3,(H,16,18)(H,17,19). The van der Waals surface area contributed by atoms with Gasteiger partial charge in [0.15, 0.2) is 0 Å². The number of benzene rings is 1. The monoisotopic (exact) mass is 279 g/mol. The number of amides is 2. The zero-order chi connectivity index (χ0) is 15.2. The van der Waals surface area contributed by atoms with Crippen LogP contribution in [0, 0.1) is 0 Å². The fourth-order valence-corrected chi connectivity index (χ4v) is 1.39. The smallest absolute Gasteiger partial charge is 0.239 e. The van der Waals surface area contributed by atoms with Gasteiger partial charge in [-0.25, -0.2) is 0 Å². The molecule has 110 valence electrons. The van der Waals surface area contributed by atoms with E-state index in [4.69, 9.17) is 10.5 Å². The van der Waals surface area contributed by atoms with Gasteiger partial charge < -0.3 is 21.1 Å². The van der Waals surface area contributed by atoms with Crippen LogP contribution in [0.25, 0.3) is 0 Å². The first-order valence-electron chi connectivity index (χ1n) is 6.29. The third-order valence-corrected chi connectivity index (χ3v) is 2.64. The Hall–Kier alpha value is -2.08. The summed E-state index contributed by atoms with van der Waals surface area (Å²) < 4.78 is 5.04. The first-order chi connectivity index (χ1) is 9.32. The maximum atomic E-state index is 11.6. The molecular weight excluding hydrogens is 258 g/mol. The van der Waals surface area contributed by atoms with Crippen molar-refractivity contribution in [3.05, 3.63) is 29.8 Å². The van der Waals surface area contributed by atoms with Gasteiger partial charge in [-0.15, -0.1) is 0 Å². The molecule has 1 aromatic rings. The minimum atomic E-state index is -0.990. The van der Waals surface area contributed by atoms with Crippen LogP contribution in [0.4, 0.5) is 0 Å². The van der Waals surface area contributed by atoms with Crippen LogP contribution in [0.2, 0.25) is 0 Å². The number of carbonyl (C=O) groups is 2. The molecule has 0 aromatic heterocycles. The van der Waals surface area contributed by atoms with Gasteiger partial charge >= 0.3 is 0 Å². The van der Waals surface area contributed by atoms with E-state index in [2.05, 4.69) is 10.6 Å². The minimum absolute atomic E-state index is 0.0877. The predicted octanol–water partition coefficient (Wildman–Crippen LogP) is 0.165. The van der Waals surface area contributed by atoms with Crippen molar-refractivity contribution < 1.29 is 14.3 Å². The summed E-state index contributed by atoms with van der Waals surface area (Å²) in [6, 6.07) is 7.36. The normalized spacial score (nSPS) is 10.8. The number of carbonyl (C=O) groups excluding carboxylic acids is 2. The summed E-state index contributed by atoms with van der Waals surface area (Å²) in [5.74, 6) is 0.132. The van der Waals surface area contributed by atoms with Crippen molar-refractivity contribution in [2.45, 2.75) is 25.9 Å². The van der Waals surface area contributed by atoms with Crippen LogP contribution in [-0.4, -0.2) is 31.0 Å². The molecule has 20 heavy (non-hydrogen) atoms. The van der Waals surface area contributed by atoms with Crippen LogP contribution in [0.1, 0.15) is 19.4 Å². The van der Waals surface area contributed by atoms with E-state index < -0.39 is 5.54 Å². The van der Waals surface area contributed by atoms with Crippen molar-refractivity contribution >= 4 is 11.8 Å². The number of nitrogens with two attached hydrogens (primary N) is 1. The number of rotatable bonds is 6. The van der Waals surface area contributed by atoms with E-state index in [1.807, 2.05) is 24.3 Å². The zero-order valence-electron chi connectivity index (χ0n) is 12.0. The zero-order valence-corrected chi connectivity index (χ0v) is 12.0. The first kappa shape index (κ1) is 16.0. The molecule has 0 aliphatic rings. The molecule has 0 saturated carbocycles. The van der Waals surface area contributed by atoms with Gasteiger partial charge in [-0.05, 0) is 31.5 Å². The molecule has 6 heteroatoms. The molecule has 4 N–H and O–H groups in total. The molecule has 0 heterocycles. The molecule has 6 nitrogen and oxygen atoms in total. The highest BCUT2D eigenvalue weighted by Crippen LogP contribution is 2.10. The van der Waals surface area contributed by atoms with Crippen molar-refractivity contribution in [2.24, 2.45) is 5.73 Å². The van der Waals surface area contributed by atoms with Crippen molar-refractivity contribution in [1.82, 2.24) is 10.6 Å². The van der Waals surface area contributed by atoms with E-state index in [0.29, 0.717) is 6.54 Å². The topological polar surface area (TPSA) is 93.5 Å². The molecule has 0 radical (unpaired) electrons. The van der Waals surface area contributed by atoms with E-state index in [-0.39, 0.29) is 18.4 Å². The number of hydrogen-bond donors (Lipinski definition) is 3. The molecule has 0 aliphatic heterocycles. The van der Waals surface area contributed by atoms with Gasteiger partial charge in [-0.3, -0.25) is 9.59 Å². The highest BCUT2D eigenvalue weighted by Gasteiger charge is 2.21. The summed E-state index contributed by atoms with van der Waals surface area (Å²) in [5.41, 5.74) is 5.56. The second-order valence-electron chi connectivity index (χ2n) is 5.03. The quantitative estimate of drug-likeness (QED) is 0.691. The lowest BCUT2D eigenvalue weighted by atomic mass is 10.1. The Morgan fingerprint density at radius 1 is 1.20 bits per heavy atom. The molecule has 0 unspecified atom stereocenters. The average Bonchev–Trinajstić information content (AvgIpc) is 2.41. The Bertz CT molecular complexity index is 464. The fraction of sp³-hybridized carbons (Fsp3) is 0.429. The Labute approximate surface area is 118 Å². The van der Waals surface area contributed by atoms with Gasteiger partial charge in [0.25, 0.3) is 0 Å². The molecular formula is C14H21N3O3. The van der Waals surface area contributed by atoms with Crippen LogP contribution in [0.15, 0.2) is 24.3 Å². The summed E-state index contributed by atoms with van der Waals surface area (Å²) in [7, 11) is 1.60. The second-order valence-corrected chi connectivity index (χ2v) is 5.03. The Morgan fingerprint density at radius 3 is 2.30 bits per heavy atom. The average molecular weight is 279 g/mol. The van der Waals surface area contributed by atoms with Crippen LogP contribution in [0.3, 0.4) is 0 Å². The van der Waals surface area contributed by atoms with Crippen molar-refractivity contribution in [3.63, 3.8) is 0 Å². The first-order valence-corrected chi connectivity index (χ1v) is 6.29. The molecule has 0 spiro atoms. The molecule has 1 rings (SSSR count). The van der Waals surface area contributed by atoms with E-state index in [0.717, 1.165) is 11.3 Å². The van der Waals surface area contributed by atoms with E-state index in [1.165, 1.54) is 0 Å². The van der Waals surface area contributed by atoms with Gasteiger partial charge in [-0.2, -0.15) is 0 Å². The van der Waals surface area contributed by atoms with Crippen LogP contribution in [0.5, 0.6) is 5.75 Å². The number of hydrogen-bond acceptors (Lipinski definition) is 4. The number of nitrogens with one attached hydrogen (secondary N) is 2. The lowest BCUT2D eigenvalue weighted by molar-refractivity contribution is -0.128. The third-order valence-electron chi connectivity index (χ3n) is 2.64. The van der Waals surface area contributed by atoms with Crippen molar-refractivity contribution in [3.8, 4) is 5.75 Å². The molecule has 0 atom stereocenters. The summed E-state index contributed by atoms with van der Waals surface area (Å²) in [6.45, 7) is 3.47. The van der Waals surface area contributed by atoms with Crippen molar-refractivity contribution in [1.29, 1.82) is 0 Å². The maximum absolute atomic E-state index is 11.6.